The fourth-order valence-electron chi connectivity index (χ4n) is 1.03. The quantitative estimate of drug-likeness (QED) is 0.369. The van der Waals surface area contributed by atoms with Gasteiger partial charge in [-0.2, -0.15) is 13.2 Å². The van der Waals surface area contributed by atoms with E-state index in [1.54, 1.807) is 0 Å². The van der Waals surface area contributed by atoms with Gasteiger partial charge in [-0.1, -0.05) is 17.3 Å². The molecule has 0 spiro atoms. The van der Waals surface area contributed by atoms with Gasteiger partial charge >= 0.3 is 6.18 Å². The van der Waals surface area contributed by atoms with Crippen molar-refractivity contribution in [2.24, 2.45) is 5.16 Å². The average Bonchev–Trinajstić information content (AvgIpc) is 2.18. The summed E-state index contributed by atoms with van der Waals surface area (Å²) in [6.07, 6.45) is -2.82. The van der Waals surface area contributed by atoms with Crippen molar-refractivity contribution in [2.45, 2.75) is 11.1 Å². The first-order valence-electron chi connectivity index (χ1n) is 3.92. The minimum absolute atomic E-state index is 0.150. The second kappa shape index (κ2) is 4.57. The summed E-state index contributed by atoms with van der Waals surface area (Å²) in [5.74, 6) is 0. The number of halogens is 3. The SMILES string of the molecule is CSc1ccc(C(=NO)C(F)(F)F)cc1. The lowest BCUT2D eigenvalue weighted by atomic mass is 10.1. The van der Waals surface area contributed by atoms with Crippen LogP contribution in [0.25, 0.3) is 0 Å². The third-order valence-corrected chi connectivity index (χ3v) is 2.48. The van der Waals surface area contributed by atoms with Crippen LogP contribution in [0, 0.1) is 0 Å². The van der Waals surface area contributed by atoms with Crippen molar-refractivity contribution in [3.63, 3.8) is 0 Å². The van der Waals surface area contributed by atoms with Crippen LogP contribution < -0.4 is 0 Å². The van der Waals surface area contributed by atoms with Gasteiger partial charge in [0.25, 0.3) is 0 Å². The van der Waals surface area contributed by atoms with Crippen molar-refractivity contribution in [1.82, 2.24) is 0 Å². The molecule has 0 radical (unpaired) electrons. The molecule has 0 aromatic heterocycles. The van der Waals surface area contributed by atoms with E-state index in [0.29, 0.717) is 0 Å². The zero-order valence-electron chi connectivity index (χ0n) is 7.75. The fraction of sp³-hybridized carbons (Fsp3) is 0.222. The van der Waals surface area contributed by atoms with E-state index in [2.05, 4.69) is 5.16 Å². The van der Waals surface area contributed by atoms with Crippen molar-refractivity contribution in [2.75, 3.05) is 6.26 Å². The van der Waals surface area contributed by atoms with E-state index in [-0.39, 0.29) is 5.56 Å². The minimum atomic E-state index is -4.64. The van der Waals surface area contributed by atoms with E-state index in [1.165, 1.54) is 36.0 Å². The Balaban J connectivity index is 3.05. The first-order chi connectivity index (χ1) is 6.99. The highest BCUT2D eigenvalue weighted by Crippen LogP contribution is 2.24. The summed E-state index contributed by atoms with van der Waals surface area (Å²) in [5, 5.41) is 10.6. The Morgan fingerprint density at radius 2 is 1.80 bits per heavy atom. The number of nitrogens with zero attached hydrogens (tertiary/aromatic N) is 1. The van der Waals surface area contributed by atoms with E-state index in [4.69, 9.17) is 5.21 Å². The monoisotopic (exact) mass is 235 g/mol. The van der Waals surface area contributed by atoms with Crippen molar-refractivity contribution in [3.05, 3.63) is 29.8 Å². The number of thioether (sulfide) groups is 1. The van der Waals surface area contributed by atoms with Gasteiger partial charge in [0.05, 0.1) is 0 Å². The van der Waals surface area contributed by atoms with Crippen LogP contribution in [0.3, 0.4) is 0 Å². The highest BCUT2D eigenvalue weighted by molar-refractivity contribution is 7.98. The van der Waals surface area contributed by atoms with Gasteiger partial charge in [0.15, 0.2) is 5.71 Å². The fourth-order valence-corrected chi connectivity index (χ4v) is 1.44. The third-order valence-electron chi connectivity index (χ3n) is 1.73. The molecule has 0 heterocycles. The average molecular weight is 235 g/mol. The van der Waals surface area contributed by atoms with Crippen LogP contribution in [0.4, 0.5) is 13.2 Å². The maximum atomic E-state index is 12.3. The lowest BCUT2D eigenvalue weighted by Gasteiger charge is -2.08. The zero-order chi connectivity index (χ0) is 11.5. The lowest BCUT2D eigenvalue weighted by molar-refractivity contribution is -0.0601. The standard InChI is InChI=1S/C9H8F3NOS/c1-15-7-4-2-6(3-5-7)8(13-14)9(10,11)12/h2-5,14H,1H3. The number of rotatable bonds is 2. The molecule has 1 aromatic rings. The van der Waals surface area contributed by atoms with Gasteiger partial charge in [-0.3, -0.25) is 0 Å². The molecule has 0 saturated heterocycles. The molecule has 2 nitrogen and oxygen atoms in total. The second-order valence-corrected chi connectivity index (χ2v) is 3.55. The van der Waals surface area contributed by atoms with Crippen LogP contribution in [0.1, 0.15) is 5.56 Å². The summed E-state index contributed by atoms with van der Waals surface area (Å²) in [6, 6.07) is 5.62. The van der Waals surface area contributed by atoms with Gasteiger partial charge in [0, 0.05) is 10.5 Å². The second-order valence-electron chi connectivity index (χ2n) is 2.67. The number of hydrogen-bond donors (Lipinski definition) is 1. The maximum absolute atomic E-state index is 12.3. The molecular formula is C9H8F3NOS. The molecule has 0 aliphatic heterocycles. The predicted molar refractivity (Wildman–Crippen MR) is 52.6 cm³/mol. The van der Waals surface area contributed by atoms with Gasteiger partial charge < -0.3 is 5.21 Å². The lowest BCUT2D eigenvalue weighted by Crippen LogP contribution is -2.23. The van der Waals surface area contributed by atoms with Crippen molar-refractivity contribution in [3.8, 4) is 0 Å². The van der Waals surface area contributed by atoms with Crippen molar-refractivity contribution in [1.29, 1.82) is 0 Å². The molecule has 0 aliphatic rings. The van der Waals surface area contributed by atoms with E-state index in [9.17, 15) is 13.2 Å². The molecule has 0 fully saturated rings. The van der Waals surface area contributed by atoms with Crippen LogP contribution in [-0.4, -0.2) is 23.4 Å². The summed E-state index contributed by atoms with van der Waals surface area (Å²) < 4.78 is 36.9. The topological polar surface area (TPSA) is 32.6 Å². The molecule has 6 heteroatoms. The molecule has 0 unspecified atom stereocenters. The van der Waals surface area contributed by atoms with Crippen LogP contribution in [0.15, 0.2) is 34.3 Å². The largest absolute Gasteiger partial charge is 0.437 e. The Morgan fingerprint density at radius 1 is 1.27 bits per heavy atom. The van der Waals surface area contributed by atoms with Gasteiger partial charge in [-0.15, -0.1) is 11.8 Å². The molecule has 0 saturated carbocycles. The molecule has 0 bridgehead atoms. The van der Waals surface area contributed by atoms with E-state index >= 15 is 0 Å². The number of benzene rings is 1. The van der Waals surface area contributed by atoms with E-state index < -0.39 is 11.9 Å². The highest BCUT2D eigenvalue weighted by Gasteiger charge is 2.37. The zero-order valence-corrected chi connectivity index (χ0v) is 8.56. The Kier molecular flexibility index (Phi) is 3.62. The third kappa shape index (κ3) is 2.89. The van der Waals surface area contributed by atoms with Crippen molar-refractivity contribution < 1.29 is 18.4 Å². The van der Waals surface area contributed by atoms with E-state index in [0.717, 1.165) is 4.90 Å². The van der Waals surface area contributed by atoms with Gasteiger partial charge in [0.2, 0.25) is 0 Å². The normalized spacial score (nSPS) is 12.9. The van der Waals surface area contributed by atoms with Crippen LogP contribution in [-0.2, 0) is 0 Å². The predicted octanol–water partition coefficient (Wildman–Crippen LogP) is 3.15. The first kappa shape index (κ1) is 11.9. The van der Waals surface area contributed by atoms with Crippen LogP contribution in [0.5, 0.6) is 0 Å². The molecule has 0 atom stereocenters. The van der Waals surface area contributed by atoms with Gasteiger partial charge in [-0.25, -0.2) is 0 Å². The molecule has 1 N–H and O–H groups in total. The maximum Gasteiger partial charge on any atom is 0.437 e. The Labute approximate surface area is 88.8 Å². The van der Waals surface area contributed by atoms with Crippen LogP contribution >= 0.6 is 11.8 Å². The number of oxime groups is 1. The van der Waals surface area contributed by atoms with E-state index in [1.807, 2.05) is 6.26 Å². The summed E-state index contributed by atoms with van der Waals surface area (Å²) >= 11 is 1.42. The minimum Gasteiger partial charge on any atom is -0.410 e. The smallest absolute Gasteiger partial charge is 0.410 e. The number of hydrogen-bond acceptors (Lipinski definition) is 3. The summed E-state index contributed by atoms with van der Waals surface area (Å²) in [4.78, 5) is 0.846. The summed E-state index contributed by atoms with van der Waals surface area (Å²) in [6.45, 7) is 0. The molecule has 1 aromatic carbocycles. The van der Waals surface area contributed by atoms with Gasteiger partial charge in [0.1, 0.15) is 0 Å². The highest BCUT2D eigenvalue weighted by atomic mass is 32.2. The van der Waals surface area contributed by atoms with Crippen LogP contribution in [0.2, 0.25) is 0 Å². The van der Waals surface area contributed by atoms with Crippen molar-refractivity contribution >= 4 is 17.5 Å². The Morgan fingerprint density at radius 3 is 2.13 bits per heavy atom. The Bertz CT molecular complexity index is 359. The number of alkyl halides is 3. The molecular weight excluding hydrogens is 227 g/mol. The first-order valence-corrected chi connectivity index (χ1v) is 5.15. The molecule has 0 amide bonds. The molecule has 1 rings (SSSR count). The van der Waals surface area contributed by atoms with Gasteiger partial charge in [-0.05, 0) is 18.4 Å². The molecule has 0 aliphatic carbocycles. The summed E-state index contributed by atoms with van der Waals surface area (Å²) in [5.41, 5.74) is -1.43. The Hall–Kier alpha value is -1.17. The molecule has 15 heavy (non-hydrogen) atoms. The molecule has 82 valence electrons. The summed E-state index contributed by atoms with van der Waals surface area (Å²) in [7, 11) is 0.